The van der Waals surface area contributed by atoms with Crippen LogP contribution in [0, 0.1) is 25.7 Å². The van der Waals surface area contributed by atoms with Crippen molar-refractivity contribution in [3.8, 4) is 0 Å². The number of aromatic amines is 1. The first-order valence-corrected chi connectivity index (χ1v) is 10.0. The van der Waals surface area contributed by atoms with Gasteiger partial charge in [-0.1, -0.05) is 13.8 Å². The molecule has 0 saturated carbocycles. The first-order chi connectivity index (χ1) is 12.4. The first-order valence-electron chi connectivity index (χ1n) is 10.0. The molecule has 1 amide bonds. The van der Waals surface area contributed by atoms with E-state index in [2.05, 4.69) is 42.9 Å². The summed E-state index contributed by atoms with van der Waals surface area (Å²) in [6, 6.07) is 5.91. The number of nitrogens with one attached hydrogen (secondary N) is 2. The average Bonchev–Trinajstić information content (AvgIpc) is 2.87. The van der Waals surface area contributed by atoms with Crippen LogP contribution in [0.3, 0.4) is 0 Å². The minimum absolute atomic E-state index is 0.0328. The second-order valence-corrected chi connectivity index (χ2v) is 8.30. The second-order valence-electron chi connectivity index (χ2n) is 8.30. The van der Waals surface area contributed by atoms with Crippen LogP contribution in [0.4, 0.5) is 0 Å². The van der Waals surface area contributed by atoms with Gasteiger partial charge in [0.15, 0.2) is 0 Å². The Morgan fingerprint density at radius 1 is 1.19 bits per heavy atom. The highest BCUT2D eigenvalue weighted by Gasteiger charge is 2.21. The fourth-order valence-corrected chi connectivity index (χ4v) is 4.34. The molecule has 142 valence electrons. The Balaban J connectivity index is 1.43. The van der Waals surface area contributed by atoms with Crippen molar-refractivity contribution in [1.82, 2.24) is 15.2 Å². The molecule has 26 heavy (non-hydrogen) atoms. The number of carbonyl (C=O) groups is 1. The lowest BCUT2D eigenvalue weighted by atomic mass is 9.92. The highest BCUT2D eigenvalue weighted by atomic mass is 16.1. The summed E-state index contributed by atoms with van der Waals surface area (Å²) in [5.41, 5.74) is 4.23. The van der Waals surface area contributed by atoms with Gasteiger partial charge in [-0.25, -0.2) is 0 Å². The van der Waals surface area contributed by atoms with Crippen molar-refractivity contribution in [2.45, 2.75) is 47.0 Å². The van der Waals surface area contributed by atoms with Crippen LogP contribution in [0.5, 0.6) is 0 Å². The summed E-state index contributed by atoms with van der Waals surface area (Å²) < 4.78 is 0. The van der Waals surface area contributed by atoms with Gasteiger partial charge in [0.25, 0.3) is 5.91 Å². The molecule has 0 bridgehead atoms. The van der Waals surface area contributed by atoms with Crippen molar-refractivity contribution < 1.29 is 4.79 Å². The van der Waals surface area contributed by atoms with Crippen LogP contribution in [0.25, 0.3) is 10.9 Å². The Hall–Kier alpha value is -1.81. The normalized spacial score (nSPS) is 21.2. The van der Waals surface area contributed by atoms with Crippen molar-refractivity contribution in [3.63, 3.8) is 0 Å². The summed E-state index contributed by atoms with van der Waals surface area (Å²) in [4.78, 5) is 18.4. The largest absolute Gasteiger partial charge is 0.358 e. The number of aryl methyl sites for hydroxylation is 2. The third-order valence-corrected chi connectivity index (χ3v) is 5.70. The number of hydrogen-bond acceptors (Lipinski definition) is 2. The Morgan fingerprint density at radius 2 is 1.92 bits per heavy atom. The summed E-state index contributed by atoms with van der Waals surface area (Å²) in [5.74, 6) is 1.66. The summed E-state index contributed by atoms with van der Waals surface area (Å²) in [6.45, 7) is 13.2. The predicted molar refractivity (Wildman–Crippen MR) is 109 cm³/mol. The van der Waals surface area contributed by atoms with Crippen LogP contribution in [0.1, 0.15) is 54.7 Å². The highest BCUT2D eigenvalue weighted by Crippen LogP contribution is 2.23. The Labute approximate surface area is 157 Å². The molecule has 1 aromatic carbocycles. The van der Waals surface area contributed by atoms with Crippen LogP contribution >= 0.6 is 0 Å². The van der Waals surface area contributed by atoms with E-state index >= 15 is 0 Å². The third-order valence-electron chi connectivity index (χ3n) is 5.70. The van der Waals surface area contributed by atoms with E-state index in [4.69, 9.17) is 0 Å². The molecular formula is C22H33N3O. The van der Waals surface area contributed by atoms with E-state index in [-0.39, 0.29) is 5.91 Å². The zero-order valence-electron chi connectivity index (χ0n) is 16.7. The number of likely N-dealkylation sites (tertiary alicyclic amines) is 1. The quantitative estimate of drug-likeness (QED) is 0.760. The molecule has 1 fully saturated rings. The number of rotatable bonds is 6. The molecule has 1 aliphatic rings. The molecule has 1 aromatic heterocycles. The minimum Gasteiger partial charge on any atom is -0.358 e. The standard InChI is InChI=1S/C22H33N3O/c1-15-11-16(2)14-25(13-15)10-6-5-9-23-22(26)19-7-8-21-20(12-19)17(3)18(4)24-21/h7-8,12,15-16,24H,5-6,9-11,13-14H2,1-4H3,(H,23,26). The highest BCUT2D eigenvalue weighted by molar-refractivity contribution is 5.99. The predicted octanol–water partition coefficient (Wildman–Crippen LogP) is 4.27. The molecule has 0 aliphatic carbocycles. The number of amides is 1. The molecule has 0 spiro atoms. The van der Waals surface area contributed by atoms with Gasteiger partial charge in [0.05, 0.1) is 0 Å². The Kier molecular flexibility index (Phi) is 6.02. The summed E-state index contributed by atoms with van der Waals surface area (Å²) in [5, 5.41) is 4.22. The molecule has 1 saturated heterocycles. The SMILES string of the molecule is Cc1[nH]c2ccc(C(=O)NCCCCN3CC(C)CC(C)C3)cc2c1C. The maximum Gasteiger partial charge on any atom is 0.251 e. The van der Waals surface area contributed by atoms with Crippen molar-refractivity contribution in [2.75, 3.05) is 26.2 Å². The van der Waals surface area contributed by atoms with E-state index in [0.29, 0.717) is 0 Å². The average molecular weight is 356 g/mol. The summed E-state index contributed by atoms with van der Waals surface area (Å²) >= 11 is 0. The molecule has 4 heteroatoms. The van der Waals surface area contributed by atoms with E-state index < -0.39 is 0 Å². The number of unbranched alkanes of at least 4 members (excludes halogenated alkanes) is 1. The number of piperidine rings is 1. The van der Waals surface area contributed by atoms with Crippen LogP contribution < -0.4 is 5.32 Å². The van der Waals surface area contributed by atoms with Crippen LogP contribution in [-0.2, 0) is 0 Å². The number of hydrogen-bond donors (Lipinski definition) is 2. The smallest absolute Gasteiger partial charge is 0.251 e. The van der Waals surface area contributed by atoms with E-state index in [1.165, 1.54) is 30.8 Å². The Bertz CT molecular complexity index is 754. The van der Waals surface area contributed by atoms with Crippen molar-refractivity contribution in [3.05, 3.63) is 35.0 Å². The molecule has 2 atom stereocenters. The Morgan fingerprint density at radius 3 is 2.65 bits per heavy atom. The van der Waals surface area contributed by atoms with Gasteiger partial charge >= 0.3 is 0 Å². The van der Waals surface area contributed by atoms with E-state index in [1.54, 1.807) is 0 Å². The topological polar surface area (TPSA) is 48.1 Å². The molecular weight excluding hydrogens is 322 g/mol. The molecule has 4 nitrogen and oxygen atoms in total. The van der Waals surface area contributed by atoms with Gasteiger partial charge in [-0.2, -0.15) is 0 Å². The number of H-pyrrole nitrogens is 1. The van der Waals surface area contributed by atoms with Gasteiger partial charge in [-0.3, -0.25) is 4.79 Å². The maximum absolute atomic E-state index is 12.4. The monoisotopic (exact) mass is 355 g/mol. The van der Waals surface area contributed by atoms with Crippen molar-refractivity contribution in [2.24, 2.45) is 11.8 Å². The lowest BCUT2D eigenvalue weighted by Gasteiger charge is -2.34. The minimum atomic E-state index is 0.0328. The van der Waals surface area contributed by atoms with Gasteiger partial charge < -0.3 is 15.2 Å². The molecule has 2 aromatic rings. The zero-order chi connectivity index (χ0) is 18.7. The molecule has 2 heterocycles. The van der Waals surface area contributed by atoms with Gasteiger partial charge in [0.1, 0.15) is 0 Å². The number of fused-ring (bicyclic) bond motifs is 1. The van der Waals surface area contributed by atoms with E-state index in [9.17, 15) is 4.79 Å². The number of nitrogens with zero attached hydrogens (tertiary/aromatic N) is 1. The van der Waals surface area contributed by atoms with Crippen LogP contribution in [0.2, 0.25) is 0 Å². The lowest BCUT2D eigenvalue weighted by molar-refractivity contribution is 0.0951. The van der Waals surface area contributed by atoms with Crippen LogP contribution in [-0.4, -0.2) is 42.0 Å². The van der Waals surface area contributed by atoms with Gasteiger partial charge in [0, 0.05) is 41.8 Å². The molecule has 2 unspecified atom stereocenters. The molecule has 3 rings (SSSR count). The zero-order valence-corrected chi connectivity index (χ0v) is 16.7. The number of aromatic nitrogens is 1. The van der Waals surface area contributed by atoms with E-state index in [1.807, 2.05) is 18.2 Å². The second kappa shape index (κ2) is 8.26. The molecule has 1 aliphatic heterocycles. The van der Waals surface area contributed by atoms with Crippen LogP contribution in [0.15, 0.2) is 18.2 Å². The van der Waals surface area contributed by atoms with Gasteiger partial charge in [-0.15, -0.1) is 0 Å². The number of carbonyl (C=O) groups excluding carboxylic acids is 1. The van der Waals surface area contributed by atoms with Gasteiger partial charge in [-0.05, 0) is 75.3 Å². The summed E-state index contributed by atoms with van der Waals surface area (Å²) in [7, 11) is 0. The van der Waals surface area contributed by atoms with E-state index in [0.717, 1.165) is 54.2 Å². The van der Waals surface area contributed by atoms with Gasteiger partial charge in [0.2, 0.25) is 0 Å². The van der Waals surface area contributed by atoms with Crippen molar-refractivity contribution >= 4 is 16.8 Å². The summed E-state index contributed by atoms with van der Waals surface area (Å²) in [6.07, 6.45) is 3.54. The lowest BCUT2D eigenvalue weighted by Crippen LogP contribution is -2.39. The molecule has 0 radical (unpaired) electrons. The fourth-order valence-electron chi connectivity index (χ4n) is 4.34. The third kappa shape index (κ3) is 4.47. The van der Waals surface area contributed by atoms with Crippen molar-refractivity contribution in [1.29, 1.82) is 0 Å². The maximum atomic E-state index is 12.4. The fraction of sp³-hybridized carbons (Fsp3) is 0.591. The first kappa shape index (κ1) is 19.0. The molecule has 2 N–H and O–H groups in total. The number of benzene rings is 1.